The van der Waals surface area contributed by atoms with Crippen LogP contribution in [0.4, 0.5) is 0 Å². The molecular formula is C16H25N. The molecule has 1 N–H and O–H groups in total. The van der Waals surface area contributed by atoms with Gasteiger partial charge in [0.05, 0.1) is 0 Å². The minimum atomic E-state index is 0.486. The molecule has 0 aliphatic carbocycles. The minimum absolute atomic E-state index is 0.486. The zero-order chi connectivity index (χ0) is 12.7. The third kappa shape index (κ3) is 4.01. The fourth-order valence-corrected chi connectivity index (χ4v) is 2.23. The average Bonchev–Trinajstić information content (AvgIpc) is 2.32. The van der Waals surface area contributed by atoms with Gasteiger partial charge < -0.3 is 5.32 Å². The lowest BCUT2D eigenvalue weighted by Gasteiger charge is -2.21. The van der Waals surface area contributed by atoms with E-state index in [2.05, 4.69) is 50.9 Å². The van der Waals surface area contributed by atoms with Gasteiger partial charge >= 0.3 is 0 Å². The first-order valence-corrected chi connectivity index (χ1v) is 6.61. The highest BCUT2D eigenvalue weighted by atomic mass is 14.9. The van der Waals surface area contributed by atoms with Crippen LogP contribution in [0.1, 0.15) is 48.9 Å². The summed E-state index contributed by atoms with van der Waals surface area (Å²) in [5, 5.41) is 3.59. The van der Waals surface area contributed by atoms with E-state index in [9.17, 15) is 0 Å². The number of unbranched alkanes of at least 4 members (excludes halogenated alkanes) is 1. The van der Waals surface area contributed by atoms with Crippen molar-refractivity contribution < 1.29 is 0 Å². The molecule has 1 nitrogen and oxygen atoms in total. The Morgan fingerprint density at radius 3 is 2.76 bits per heavy atom. The molecule has 1 aromatic carbocycles. The Morgan fingerprint density at radius 1 is 1.35 bits per heavy atom. The second kappa shape index (κ2) is 7.29. The molecule has 1 heteroatoms. The standard InChI is InChI=1S/C16H25N/c1-5-7-8-12-16(17-6-2)15-11-9-10-13(3)14(15)4/h5,9-11,16-17H,1,6-8,12H2,2-4H3. The van der Waals surface area contributed by atoms with E-state index in [1.165, 1.54) is 29.5 Å². The van der Waals surface area contributed by atoms with Gasteiger partial charge in [0.25, 0.3) is 0 Å². The molecule has 17 heavy (non-hydrogen) atoms. The predicted octanol–water partition coefficient (Wildman–Crippen LogP) is 4.31. The lowest BCUT2D eigenvalue weighted by atomic mass is 9.94. The lowest BCUT2D eigenvalue weighted by Crippen LogP contribution is -2.21. The van der Waals surface area contributed by atoms with Gasteiger partial charge in [0.15, 0.2) is 0 Å². The first-order chi connectivity index (χ1) is 8.20. The van der Waals surface area contributed by atoms with Gasteiger partial charge in [-0.15, -0.1) is 6.58 Å². The van der Waals surface area contributed by atoms with Crippen molar-refractivity contribution in [1.82, 2.24) is 5.32 Å². The van der Waals surface area contributed by atoms with E-state index in [1.807, 2.05) is 6.08 Å². The highest BCUT2D eigenvalue weighted by Crippen LogP contribution is 2.24. The van der Waals surface area contributed by atoms with Crippen molar-refractivity contribution in [3.63, 3.8) is 0 Å². The van der Waals surface area contributed by atoms with E-state index in [4.69, 9.17) is 0 Å². The summed E-state index contributed by atoms with van der Waals surface area (Å²) in [7, 11) is 0. The van der Waals surface area contributed by atoms with Gasteiger partial charge in [-0.3, -0.25) is 0 Å². The summed E-state index contributed by atoms with van der Waals surface area (Å²) < 4.78 is 0. The Hall–Kier alpha value is -1.08. The molecule has 1 rings (SSSR count). The molecule has 0 saturated heterocycles. The lowest BCUT2D eigenvalue weighted by molar-refractivity contribution is 0.498. The third-order valence-corrected chi connectivity index (χ3v) is 3.37. The second-order valence-electron chi connectivity index (χ2n) is 4.62. The highest BCUT2D eigenvalue weighted by Gasteiger charge is 2.12. The molecule has 0 amide bonds. The van der Waals surface area contributed by atoms with Gasteiger partial charge in [-0.25, -0.2) is 0 Å². The van der Waals surface area contributed by atoms with E-state index in [0.717, 1.165) is 13.0 Å². The van der Waals surface area contributed by atoms with E-state index in [-0.39, 0.29) is 0 Å². The monoisotopic (exact) mass is 231 g/mol. The molecule has 0 aliphatic heterocycles. The summed E-state index contributed by atoms with van der Waals surface area (Å²) in [4.78, 5) is 0. The maximum absolute atomic E-state index is 3.79. The molecule has 0 heterocycles. The van der Waals surface area contributed by atoms with E-state index >= 15 is 0 Å². The van der Waals surface area contributed by atoms with Crippen LogP contribution < -0.4 is 5.32 Å². The van der Waals surface area contributed by atoms with Crippen molar-refractivity contribution in [2.75, 3.05) is 6.54 Å². The molecule has 0 aromatic heterocycles. The number of aryl methyl sites for hydroxylation is 1. The summed E-state index contributed by atoms with van der Waals surface area (Å²) in [6.07, 6.45) is 5.50. The molecule has 0 spiro atoms. The van der Waals surface area contributed by atoms with Crippen LogP contribution in [-0.4, -0.2) is 6.54 Å². The van der Waals surface area contributed by atoms with E-state index < -0.39 is 0 Å². The molecular weight excluding hydrogens is 206 g/mol. The second-order valence-corrected chi connectivity index (χ2v) is 4.62. The van der Waals surface area contributed by atoms with Crippen LogP contribution in [0.25, 0.3) is 0 Å². The number of hydrogen-bond donors (Lipinski definition) is 1. The quantitative estimate of drug-likeness (QED) is 0.544. The zero-order valence-corrected chi connectivity index (χ0v) is 11.4. The summed E-state index contributed by atoms with van der Waals surface area (Å²) >= 11 is 0. The van der Waals surface area contributed by atoms with Crippen LogP contribution >= 0.6 is 0 Å². The molecule has 94 valence electrons. The molecule has 0 bridgehead atoms. The Labute approximate surface area is 106 Å². The first kappa shape index (κ1) is 14.0. The van der Waals surface area contributed by atoms with Crippen LogP contribution in [0.5, 0.6) is 0 Å². The maximum Gasteiger partial charge on any atom is 0.0322 e. The SMILES string of the molecule is C=CCCCC(NCC)c1cccc(C)c1C. The first-order valence-electron chi connectivity index (χ1n) is 6.61. The zero-order valence-electron chi connectivity index (χ0n) is 11.4. The number of benzene rings is 1. The van der Waals surface area contributed by atoms with Gasteiger partial charge in [-0.1, -0.05) is 31.2 Å². The normalized spacial score (nSPS) is 12.4. The van der Waals surface area contributed by atoms with Crippen molar-refractivity contribution in [3.05, 3.63) is 47.5 Å². The largest absolute Gasteiger partial charge is 0.310 e. The fraction of sp³-hybridized carbons (Fsp3) is 0.500. The van der Waals surface area contributed by atoms with Gasteiger partial charge in [0, 0.05) is 6.04 Å². The number of rotatable bonds is 7. The fourth-order valence-electron chi connectivity index (χ4n) is 2.23. The minimum Gasteiger partial charge on any atom is -0.310 e. The van der Waals surface area contributed by atoms with Gasteiger partial charge in [-0.2, -0.15) is 0 Å². The summed E-state index contributed by atoms with van der Waals surface area (Å²) in [5.74, 6) is 0. The predicted molar refractivity (Wildman–Crippen MR) is 76.4 cm³/mol. The Morgan fingerprint density at radius 2 is 2.12 bits per heavy atom. The smallest absolute Gasteiger partial charge is 0.0322 e. The maximum atomic E-state index is 3.79. The summed E-state index contributed by atoms with van der Waals surface area (Å²) in [5.41, 5.74) is 4.27. The topological polar surface area (TPSA) is 12.0 Å². The van der Waals surface area contributed by atoms with Crippen LogP contribution in [0.15, 0.2) is 30.9 Å². The van der Waals surface area contributed by atoms with Gasteiger partial charge in [0.2, 0.25) is 0 Å². The molecule has 0 saturated carbocycles. The van der Waals surface area contributed by atoms with Crippen molar-refractivity contribution in [2.45, 2.75) is 46.1 Å². The Bertz CT molecular complexity index is 355. The average molecular weight is 231 g/mol. The van der Waals surface area contributed by atoms with Crippen molar-refractivity contribution in [3.8, 4) is 0 Å². The summed E-state index contributed by atoms with van der Waals surface area (Å²) in [6.45, 7) is 11.4. The van der Waals surface area contributed by atoms with E-state index in [0.29, 0.717) is 6.04 Å². The van der Waals surface area contributed by atoms with Crippen LogP contribution in [-0.2, 0) is 0 Å². The van der Waals surface area contributed by atoms with Crippen LogP contribution in [0.3, 0.4) is 0 Å². The highest BCUT2D eigenvalue weighted by molar-refractivity contribution is 5.35. The van der Waals surface area contributed by atoms with Gasteiger partial charge in [0.1, 0.15) is 0 Å². The number of hydrogen-bond acceptors (Lipinski definition) is 1. The summed E-state index contributed by atoms with van der Waals surface area (Å²) in [6, 6.07) is 7.09. The van der Waals surface area contributed by atoms with E-state index in [1.54, 1.807) is 0 Å². The third-order valence-electron chi connectivity index (χ3n) is 3.37. The molecule has 1 unspecified atom stereocenters. The molecule has 1 atom stereocenters. The van der Waals surface area contributed by atoms with Crippen molar-refractivity contribution >= 4 is 0 Å². The molecule has 0 fully saturated rings. The van der Waals surface area contributed by atoms with Gasteiger partial charge in [-0.05, 0) is 56.3 Å². The molecule has 1 aromatic rings. The number of nitrogens with one attached hydrogen (secondary N) is 1. The van der Waals surface area contributed by atoms with Crippen molar-refractivity contribution in [1.29, 1.82) is 0 Å². The Kier molecular flexibility index (Phi) is 5.99. The van der Waals surface area contributed by atoms with Crippen LogP contribution in [0, 0.1) is 13.8 Å². The molecule has 0 aliphatic rings. The van der Waals surface area contributed by atoms with Crippen LogP contribution in [0.2, 0.25) is 0 Å². The molecule has 0 radical (unpaired) electrons. The Balaban J connectivity index is 2.81. The van der Waals surface area contributed by atoms with Crippen molar-refractivity contribution in [2.24, 2.45) is 0 Å². The number of allylic oxidation sites excluding steroid dienone is 1.